The normalized spacial score (nSPS) is 11.4. The van der Waals surface area contributed by atoms with E-state index in [-0.39, 0.29) is 5.75 Å². The fraction of sp³-hybridized carbons (Fsp3) is 0.250. The van der Waals surface area contributed by atoms with Gasteiger partial charge in [0.2, 0.25) is 0 Å². The van der Waals surface area contributed by atoms with Gasteiger partial charge in [-0.05, 0) is 29.7 Å². The molecule has 112 valence electrons. The van der Waals surface area contributed by atoms with Gasteiger partial charge >= 0.3 is 6.18 Å². The van der Waals surface area contributed by atoms with Crippen LogP contribution in [-0.2, 0) is 6.42 Å². The SMILES string of the molecule is CCc1cccc(-c2ccc(OCC(F)(F)F)cc2N)c1. The van der Waals surface area contributed by atoms with Gasteiger partial charge in [-0.1, -0.05) is 31.2 Å². The fourth-order valence-electron chi connectivity index (χ4n) is 2.02. The number of nitrogens with two attached hydrogens (primary N) is 1. The van der Waals surface area contributed by atoms with Crippen LogP contribution in [0.3, 0.4) is 0 Å². The van der Waals surface area contributed by atoms with Gasteiger partial charge in [0.25, 0.3) is 0 Å². The van der Waals surface area contributed by atoms with Gasteiger partial charge in [-0.15, -0.1) is 0 Å². The van der Waals surface area contributed by atoms with Crippen LogP contribution in [-0.4, -0.2) is 12.8 Å². The zero-order valence-electron chi connectivity index (χ0n) is 11.6. The van der Waals surface area contributed by atoms with Crippen LogP contribution < -0.4 is 10.5 Å². The lowest BCUT2D eigenvalue weighted by molar-refractivity contribution is -0.153. The molecule has 0 spiro atoms. The molecule has 2 aromatic rings. The van der Waals surface area contributed by atoms with Gasteiger partial charge in [-0.25, -0.2) is 0 Å². The van der Waals surface area contributed by atoms with E-state index >= 15 is 0 Å². The molecule has 0 aliphatic heterocycles. The summed E-state index contributed by atoms with van der Waals surface area (Å²) in [5, 5.41) is 0. The van der Waals surface area contributed by atoms with Crippen molar-refractivity contribution in [3.63, 3.8) is 0 Å². The molecular formula is C16H16F3NO. The third-order valence-corrected chi connectivity index (χ3v) is 3.07. The van der Waals surface area contributed by atoms with Crippen LogP contribution in [0.25, 0.3) is 11.1 Å². The summed E-state index contributed by atoms with van der Waals surface area (Å²) in [6.45, 7) is 0.730. The number of alkyl halides is 3. The highest BCUT2D eigenvalue weighted by Gasteiger charge is 2.28. The quantitative estimate of drug-likeness (QED) is 0.846. The predicted molar refractivity (Wildman–Crippen MR) is 77.2 cm³/mol. The number of rotatable bonds is 4. The second kappa shape index (κ2) is 6.08. The van der Waals surface area contributed by atoms with Crippen LogP contribution >= 0.6 is 0 Å². The molecule has 2 N–H and O–H groups in total. The molecule has 0 saturated heterocycles. The minimum atomic E-state index is -4.36. The molecule has 0 saturated carbocycles. The van der Waals surface area contributed by atoms with Crippen molar-refractivity contribution in [1.29, 1.82) is 0 Å². The molecule has 2 rings (SSSR count). The van der Waals surface area contributed by atoms with Crippen molar-refractivity contribution in [3.8, 4) is 16.9 Å². The maximum absolute atomic E-state index is 12.1. The monoisotopic (exact) mass is 295 g/mol. The Kier molecular flexibility index (Phi) is 4.40. The Balaban J connectivity index is 2.22. The van der Waals surface area contributed by atoms with Crippen molar-refractivity contribution < 1.29 is 17.9 Å². The average molecular weight is 295 g/mol. The largest absolute Gasteiger partial charge is 0.484 e. The number of halogens is 3. The molecule has 0 heterocycles. The van der Waals surface area contributed by atoms with Crippen LogP contribution in [0.2, 0.25) is 0 Å². The van der Waals surface area contributed by atoms with Crippen molar-refractivity contribution in [2.24, 2.45) is 0 Å². The van der Waals surface area contributed by atoms with Gasteiger partial charge in [0, 0.05) is 17.3 Å². The third kappa shape index (κ3) is 4.15. The molecule has 0 atom stereocenters. The van der Waals surface area contributed by atoms with E-state index < -0.39 is 12.8 Å². The average Bonchev–Trinajstić information content (AvgIpc) is 2.44. The third-order valence-electron chi connectivity index (χ3n) is 3.07. The van der Waals surface area contributed by atoms with E-state index in [1.807, 2.05) is 24.3 Å². The van der Waals surface area contributed by atoms with Crippen molar-refractivity contribution in [2.45, 2.75) is 19.5 Å². The molecule has 2 aromatic carbocycles. The second-order valence-electron chi connectivity index (χ2n) is 4.71. The predicted octanol–water partition coefficient (Wildman–Crippen LogP) is 4.44. The summed E-state index contributed by atoms with van der Waals surface area (Å²) >= 11 is 0. The summed E-state index contributed by atoms with van der Waals surface area (Å²) in [6.07, 6.45) is -3.45. The summed E-state index contributed by atoms with van der Waals surface area (Å²) in [5.74, 6) is 0.111. The first-order valence-corrected chi connectivity index (χ1v) is 6.57. The Bertz CT molecular complexity index is 623. The lowest BCUT2D eigenvalue weighted by Gasteiger charge is -2.12. The van der Waals surface area contributed by atoms with E-state index in [4.69, 9.17) is 5.73 Å². The maximum Gasteiger partial charge on any atom is 0.422 e. The molecule has 0 radical (unpaired) electrons. The van der Waals surface area contributed by atoms with Gasteiger partial charge < -0.3 is 10.5 Å². The second-order valence-corrected chi connectivity index (χ2v) is 4.71. The molecule has 5 heteroatoms. The molecular weight excluding hydrogens is 279 g/mol. The standard InChI is InChI=1S/C16H16F3NO/c1-2-11-4-3-5-12(8-11)14-7-6-13(9-15(14)20)21-10-16(17,18)19/h3-9H,2,10,20H2,1H3. The van der Waals surface area contributed by atoms with Crippen LogP contribution in [0.5, 0.6) is 5.75 Å². The number of nitrogen functional groups attached to an aromatic ring is 1. The number of hydrogen-bond donors (Lipinski definition) is 1. The highest BCUT2D eigenvalue weighted by Crippen LogP contribution is 2.30. The lowest BCUT2D eigenvalue weighted by atomic mass is 10.0. The van der Waals surface area contributed by atoms with Crippen LogP contribution in [0.15, 0.2) is 42.5 Å². The van der Waals surface area contributed by atoms with E-state index in [0.29, 0.717) is 5.69 Å². The highest BCUT2D eigenvalue weighted by molar-refractivity contribution is 5.77. The van der Waals surface area contributed by atoms with Gasteiger partial charge in [0.1, 0.15) is 5.75 Å². The number of anilines is 1. The summed E-state index contributed by atoms with van der Waals surface area (Å²) in [4.78, 5) is 0. The van der Waals surface area contributed by atoms with Crippen molar-refractivity contribution in [3.05, 3.63) is 48.0 Å². The Morgan fingerprint density at radius 3 is 2.48 bits per heavy atom. The first-order chi connectivity index (χ1) is 9.89. The smallest absolute Gasteiger partial charge is 0.422 e. The zero-order valence-corrected chi connectivity index (χ0v) is 11.6. The Hall–Kier alpha value is -2.17. The molecule has 0 bridgehead atoms. The van der Waals surface area contributed by atoms with Gasteiger partial charge in [-0.2, -0.15) is 13.2 Å². The lowest BCUT2D eigenvalue weighted by Crippen LogP contribution is -2.19. The minimum absolute atomic E-state index is 0.111. The molecule has 0 aliphatic rings. The molecule has 0 aromatic heterocycles. The molecule has 2 nitrogen and oxygen atoms in total. The van der Waals surface area contributed by atoms with Crippen molar-refractivity contribution in [2.75, 3.05) is 12.3 Å². The van der Waals surface area contributed by atoms with E-state index in [1.165, 1.54) is 17.7 Å². The van der Waals surface area contributed by atoms with Crippen LogP contribution in [0.1, 0.15) is 12.5 Å². The van der Waals surface area contributed by atoms with Gasteiger partial charge in [0.15, 0.2) is 6.61 Å². The Morgan fingerprint density at radius 1 is 1.10 bits per heavy atom. The first kappa shape index (κ1) is 15.2. The van der Waals surface area contributed by atoms with E-state index in [9.17, 15) is 13.2 Å². The van der Waals surface area contributed by atoms with E-state index in [0.717, 1.165) is 17.5 Å². The topological polar surface area (TPSA) is 35.2 Å². The summed E-state index contributed by atoms with van der Waals surface area (Å²) in [6, 6.07) is 12.5. The molecule has 0 fully saturated rings. The Labute approximate surface area is 121 Å². The molecule has 0 unspecified atom stereocenters. The van der Waals surface area contributed by atoms with Crippen molar-refractivity contribution in [1.82, 2.24) is 0 Å². The Morgan fingerprint density at radius 2 is 1.86 bits per heavy atom. The molecule has 0 amide bonds. The van der Waals surface area contributed by atoms with Crippen LogP contribution in [0, 0.1) is 0 Å². The number of benzene rings is 2. The van der Waals surface area contributed by atoms with E-state index in [1.54, 1.807) is 6.07 Å². The number of ether oxygens (including phenoxy) is 1. The highest BCUT2D eigenvalue weighted by atomic mass is 19.4. The molecule has 21 heavy (non-hydrogen) atoms. The zero-order chi connectivity index (χ0) is 15.5. The van der Waals surface area contributed by atoms with Gasteiger partial charge in [0.05, 0.1) is 0 Å². The summed E-state index contributed by atoms with van der Waals surface area (Å²) in [7, 11) is 0. The minimum Gasteiger partial charge on any atom is -0.484 e. The fourth-order valence-corrected chi connectivity index (χ4v) is 2.02. The van der Waals surface area contributed by atoms with Crippen molar-refractivity contribution >= 4 is 5.69 Å². The summed E-state index contributed by atoms with van der Waals surface area (Å²) < 4.78 is 41.0. The van der Waals surface area contributed by atoms with Crippen LogP contribution in [0.4, 0.5) is 18.9 Å². The first-order valence-electron chi connectivity index (χ1n) is 6.57. The summed E-state index contributed by atoms with van der Waals surface area (Å²) in [5.41, 5.74) is 9.21. The number of aryl methyl sites for hydroxylation is 1. The molecule has 0 aliphatic carbocycles. The maximum atomic E-state index is 12.1. The van der Waals surface area contributed by atoms with E-state index in [2.05, 4.69) is 11.7 Å². The number of hydrogen-bond acceptors (Lipinski definition) is 2. The van der Waals surface area contributed by atoms with Gasteiger partial charge in [-0.3, -0.25) is 0 Å².